The summed E-state index contributed by atoms with van der Waals surface area (Å²) < 4.78 is 10.5. The van der Waals surface area contributed by atoms with Crippen LogP contribution in [0.2, 0.25) is 0 Å². The van der Waals surface area contributed by atoms with E-state index in [0.717, 1.165) is 17.9 Å². The molecule has 146 valence electrons. The zero-order valence-corrected chi connectivity index (χ0v) is 16.6. The molecule has 0 radical (unpaired) electrons. The van der Waals surface area contributed by atoms with Crippen molar-refractivity contribution < 1.29 is 13.9 Å². The van der Waals surface area contributed by atoms with Gasteiger partial charge in [-0.25, -0.2) is 14.8 Å². The van der Waals surface area contributed by atoms with Crippen LogP contribution in [0.1, 0.15) is 55.3 Å². The number of esters is 1. The molecule has 0 bridgehead atoms. The summed E-state index contributed by atoms with van der Waals surface area (Å²) in [7, 11) is 1.37. The number of nitrogens with one attached hydrogen (secondary N) is 2. The normalized spacial score (nSPS) is 12.0. The van der Waals surface area contributed by atoms with E-state index in [1.54, 1.807) is 18.3 Å². The predicted molar refractivity (Wildman–Crippen MR) is 105 cm³/mol. The number of aliphatic imine (C=N–C) groups is 1. The molecule has 0 amide bonds. The zero-order valence-electron chi connectivity index (χ0n) is 16.6. The number of nitrogens with zero attached hydrogens (tertiary/aromatic N) is 2. The summed E-state index contributed by atoms with van der Waals surface area (Å²) in [5.41, 5.74) is 1.44. The third kappa shape index (κ3) is 6.13. The lowest BCUT2D eigenvalue weighted by Gasteiger charge is -2.13. The minimum Gasteiger partial charge on any atom is -0.465 e. The molecule has 0 spiro atoms. The molecule has 0 aliphatic rings. The van der Waals surface area contributed by atoms with Crippen LogP contribution >= 0.6 is 0 Å². The Morgan fingerprint density at radius 3 is 2.48 bits per heavy atom. The van der Waals surface area contributed by atoms with Gasteiger partial charge in [0, 0.05) is 12.0 Å². The van der Waals surface area contributed by atoms with Crippen LogP contribution in [-0.4, -0.2) is 30.6 Å². The zero-order chi connectivity index (χ0) is 19.9. The van der Waals surface area contributed by atoms with Crippen molar-refractivity contribution in [1.82, 2.24) is 15.6 Å². The molecule has 7 heteroatoms. The molecule has 7 nitrogen and oxygen atoms in total. The highest BCUT2D eigenvalue weighted by atomic mass is 16.5. The van der Waals surface area contributed by atoms with Gasteiger partial charge in [-0.1, -0.05) is 32.9 Å². The fourth-order valence-electron chi connectivity index (χ4n) is 2.27. The van der Waals surface area contributed by atoms with Crippen molar-refractivity contribution >= 4 is 11.9 Å². The molecule has 0 saturated carbocycles. The molecule has 0 fully saturated rings. The molecule has 0 saturated heterocycles. The summed E-state index contributed by atoms with van der Waals surface area (Å²) in [6.07, 6.45) is 1.77. The van der Waals surface area contributed by atoms with Crippen LogP contribution in [0.3, 0.4) is 0 Å². The van der Waals surface area contributed by atoms with Gasteiger partial charge >= 0.3 is 5.97 Å². The van der Waals surface area contributed by atoms with E-state index in [0.29, 0.717) is 30.5 Å². The van der Waals surface area contributed by atoms with Crippen LogP contribution in [0.25, 0.3) is 0 Å². The molecule has 0 unspecified atom stereocenters. The highest BCUT2D eigenvalue weighted by Gasteiger charge is 2.19. The number of ether oxygens (including phenoxy) is 1. The molecule has 0 atom stereocenters. The smallest absolute Gasteiger partial charge is 0.337 e. The molecule has 1 aromatic carbocycles. The number of rotatable bonds is 6. The van der Waals surface area contributed by atoms with Gasteiger partial charge in [0.05, 0.1) is 32.0 Å². The van der Waals surface area contributed by atoms with Gasteiger partial charge in [0.1, 0.15) is 5.76 Å². The van der Waals surface area contributed by atoms with Crippen molar-refractivity contribution in [2.75, 3.05) is 13.7 Å². The topological polar surface area (TPSA) is 88.8 Å². The molecule has 2 N–H and O–H groups in total. The van der Waals surface area contributed by atoms with Gasteiger partial charge in [-0.15, -0.1) is 0 Å². The molecular formula is C20H28N4O3. The highest BCUT2D eigenvalue weighted by Crippen LogP contribution is 2.22. The van der Waals surface area contributed by atoms with E-state index < -0.39 is 0 Å². The van der Waals surface area contributed by atoms with Gasteiger partial charge < -0.3 is 19.8 Å². The minimum absolute atomic E-state index is 0.0692. The number of hydrogen-bond acceptors (Lipinski definition) is 5. The SMILES string of the molecule is CCNC(=NCc1ccc(C(=O)OC)cc1)NCc1ncc(C(C)(C)C)o1. The quantitative estimate of drug-likeness (QED) is 0.460. The van der Waals surface area contributed by atoms with Gasteiger partial charge in [-0.2, -0.15) is 0 Å². The first-order chi connectivity index (χ1) is 12.8. The average molecular weight is 372 g/mol. The Balaban J connectivity index is 1.97. The number of guanidine groups is 1. The Hall–Kier alpha value is -2.83. The fraction of sp³-hybridized carbons (Fsp3) is 0.450. The number of oxazole rings is 1. The third-order valence-corrected chi connectivity index (χ3v) is 3.84. The van der Waals surface area contributed by atoms with E-state index in [2.05, 4.69) is 41.4 Å². The van der Waals surface area contributed by atoms with Crippen LogP contribution < -0.4 is 10.6 Å². The van der Waals surface area contributed by atoms with Crippen molar-refractivity contribution in [2.24, 2.45) is 4.99 Å². The second-order valence-electron chi connectivity index (χ2n) is 7.11. The van der Waals surface area contributed by atoms with E-state index >= 15 is 0 Å². The number of carbonyl (C=O) groups is 1. The Kier molecular flexibility index (Phi) is 6.98. The van der Waals surface area contributed by atoms with Gasteiger partial charge in [0.2, 0.25) is 5.89 Å². The molecule has 0 aliphatic heterocycles. The minimum atomic E-state index is -0.347. The first kappa shape index (κ1) is 20.5. The third-order valence-electron chi connectivity index (χ3n) is 3.84. The summed E-state index contributed by atoms with van der Waals surface area (Å²) in [6, 6.07) is 7.20. The molecule has 1 heterocycles. The summed E-state index contributed by atoms with van der Waals surface area (Å²) in [4.78, 5) is 20.3. The van der Waals surface area contributed by atoms with Crippen LogP contribution in [0.15, 0.2) is 39.9 Å². The van der Waals surface area contributed by atoms with E-state index in [4.69, 9.17) is 9.15 Å². The first-order valence-electron chi connectivity index (χ1n) is 8.98. The van der Waals surface area contributed by atoms with E-state index in [9.17, 15) is 4.79 Å². The van der Waals surface area contributed by atoms with Crippen LogP contribution in [0, 0.1) is 0 Å². The Labute approximate surface area is 160 Å². The number of aromatic nitrogens is 1. The standard InChI is InChI=1S/C20H28N4O3/c1-6-21-19(24-13-17-22-12-16(27-17)20(2,3)4)23-11-14-7-9-15(10-8-14)18(25)26-5/h7-10,12H,6,11,13H2,1-5H3,(H2,21,23,24). The molecule has 27 heavy (non-hydrogen) atoms. The van der Waals surface area contributed by atoms with Crippen LogP contribution in [0.5, 0.6) is 0 Å². The molecule has 1 aromatic heterocycles. The van der Waals surface area contributed by atoms with Crippen molar-refractivity contribution in [1.29, 1.82) is 0 Å². The van der Waals surface area contributed by atoms with E-state index in [-0.39, 0.29) is 11.4 Å². The maximum atomic E-state index is 11.5. The highest BCUT2D eigenvalue weighted by molar-refractivity contribution is 5.89. The van der Waals surface area contributed by atoms with Crippen molar-refractivity contribution in [3.05, 3.63) is 53.2 Å². The van der Waals surface area contributed by atoms with Crippen molar-refractivity contribution in [3.8, 4) is 0 Å². The monoisotopic (exact) mass is 372 g/mol. The Morgan fingerprint density at radius 2 is 1.93 bits per heavy atom. The van der Waals surface area contributed by atoms with Gasteiger partial charge in [-0.3, -0.25) is 0 Å². The van der Waals surface area contributed by atoms with Gasteiger partial charge in [-0.05, 0) is 24.6 Å². The largest absolute Gasteiger partial charge is 0.465 e. The number of methoxy groups -OCH3 is 1. The lowest BCUT2D eigenvalue weighted by molar-refractivity contribution is 0.0600. The van der Waals surface area contributed by atoms with E-state index in [1.807, 2.05) is 19.1 Å². The molecule has 2 aromatic rings. The molecule has 2 rings (SSSR count). The Morgan fingerprint density at radius 1 is 1.22 bits per heavy atom. The number of benzene rings is 1. The molecular weight excluding hydrogens is 344 g/mol. The van der Waals surface area contributed by atoms with Crippen molar-refractivity contribution in [2.45, 2.75) is 46.2 Å². The summed E-state index contributed by atoms with van der Waals surface area (Å²) in [5, 5.41) is 6.41. The summed E-state index contributed by atoms with van der Waals surface area (Å²) in [6.45, 7) is 9.93. The van der Waals surface area contributed by atoms with Gasteiger partial charge in [0.15, 0.2) is 5.96 Å². The van der Waals surface area contributed by atoms with Crippen molar-refractivity contribution in [3.63, 3.8) is 0 Å². The van der Waals surface area contributed by atoms with Crippen LogP contribution in [-0.2, 0) is 23.2 Å². The Bertz CT molecular complexity index is 773. The summed E-state index contributed by atoms with van der Waals surface area (Å²) in [5.74, 6) is 1.80. The number of hydrogen-bond donors (Lipinski definition) is 2. The predicted octanol–water partition coefficient (Wildman–Crippen LogP) is 3.01. The summed E-state index contributed by atoms with van der Waals surface area (Å²) >= 11 is 0. The lowest BCUT2D eigenvalue weighted by atomic mass is 9.94. The lowest BCUT2D eigenvalue weighted by Crippen LogP contribution is -2.36. The maximum Gasteiger partial charge on any atom is 0.337 e. The number of carbonyl (C=O) groups excluding carboxylic acids is 1. The second-order valence-corrected chi connectivity index (χ2v) is 7.11. The average Bonchev–Trinajstić information content (AvgIpc) is 3.13. The first-order valence-corrected chi connectivity index (χ1v) is 8.98. The molecule has 0 aliphatic carbocycles. The van der Waals surface area contributed by atoms with E-state index in [1.165, 1.54) is 7.11 Å². The fourth-order valence-corrected chi connectivity index (χ4v) is 2.27. The van der Waals surface area contributed by atoms with Gasteiger partial charge in [0.25, 0.3) is 0 Å². The maximum absolute atomic E-state index is 11.5. The second kappa shape index (κ2) is 9.21. The van der Waals surface area contributed by atoms with Crippen LogP contribution in [0.4, 0.5) is 0 Å².